The summed E-state index contributed by atoms with van der Waals surface area (Å²) in [6, 6.07) is -0.984. The Morgan fingerprint density at radius 1 is 1.33 bits per heavy atom. The van der Waals surface area contributed by atoms with Crippen LogP contribution >= 0.6 is 0 Å². The number of hydrogen-bond donors (Lipinski definition) is 3. The van der Waals surface area contributed by atoms with Crippen LogP contribution in [0.25, 0.3) is 0 Å². The fourth-order valence-corrected chi connectivity index (χ4v) is 2.42. The molecule has 3 N–H and O–H groups in total. The van der Waals surface area contributed by atoms with Gasteiger partial charge in [0.1, 0.15) is 6.04 Å². The summed E-state index contributed by atoms with van der Waals surface area (Å²) in [6.45, 7) is 5.99. The van der Waals surface area contributed by atoms with Gasteiger partial charge in [-0.05, 0) is 31.1 Å². The molecule has 0 spiro atoms. The van der Waals surface area contributed by atoms with Crippen molar-refractivity contribution < 1.29 is 14.7 Å². The average Bonchev–Trinajstić information content (AvgIpc) is 2.62. The molecule has 1 aliphatic rings. The van der Waals surface area contributed by atoms with Crippen molar-refractivity contribution in [1.82, 2.24) is 10.6 Å². The molecule has 0 aromatic carbocycles. The molecule has 0 radical (unpaired) electrons. The molecule has 2 amide bonds. The number of urea groups is 1. The Labute approximate surface area is 108 Å². The number of carboxylic acid groups (broad SMARTS) is 1. The standard InChI is InChI=1S/C13H24N2O3/c1-8(2)7-11(12(16)17)15-13(18)14-10-6-4-5-9(10)3/h8-11H,4-7H2,1-3H3,(H,16,17)(H2,14,15,18)/t9?,10?,11-/m1/s1. The first-order valence-electron chi connectivity index (χ1n) is 6.70. The SMILES string of the molecule is CC(C)C[C@@H](NC(=O)NC1CCCC1C)C(=O)O. The van der Waals surface area contributed by atoms with Gasteiger partial charge in [0.2, 0.25) is 0 Å². The van der Waals surface area contributed by atoms with Crippen LogP contribution in [0.5, 0.6) is 0 Å². The fraction of sp³-hybridized carbons (Fsp3) is 0.846. The number of aliphatic carboxylic acids is 1. The predicted molar refractivity (Wildman–Crippen MR) is 69.3 cm³/mol. The Hall–Kier alpha value is -1.26. The largest absolute Gasteiger partial charge is 0.480 e. The van der Waals surface area contributed by atoms with Gasteiger partial charge in [0, 0.05) is 6.04 Å². The molecule has 0 aromatic rings. The molecule has 3 atom stereocenters. The van der Waals surface area contributed by atoms with Crippen molar-refractivity contribution in [3.8, 4) is 0 Å². The van der Waals surface area contributed by atoms with E-state index in [1.54, 1.807) is 0 Å². The second kappa shape index (κ2) is 6.61. The van der Waals surface area contributed by atoms with E-state index in [9.17, 15) is 9.59 Å². The normalized spacial score (nSPS) is 24.9. The number of nitrogens with one attached hydrogen (secondary N) is 2. The Bertz CT molecular complexity index is 305. The molecule has 0 bridgehead atoms. The Morgan fingerprint density at radius 2 is 2.00 bits per heavy atom. The van der Waals surface area contributed by atoms with Crippen LogP contribution in [0, 0.1) is 11.8 Å². The molecule has 5 heteroatoms. The van der Waals surface area contributed by atoms with Crippen LogP contribution in [0.2, 0.25) is 0 Å². The Balaban J connectivity index is 2.43. The van der Waals surface area contributed by atoms with E-state index in [0.717, 1.165) is 19.3 Å². The number of carbonyl (C=O) groups is 2. The molecule has 0 aromatic heterocycles. The predicted octanol–water partition coefficient (Wildman–Crippen LogP) is 1.97. The third-order valence-electron chi connectivity index (χ3n) is 3.49. The van der Waals surface area contributed by atoms with E-state index in [1.807, 2.05) is 13.8 Å². The zero-order chi connectivity index (χ0) is 13.7. The molecular formula is C13H24N2O3. The van der Waals surface area contributed by atoms with Crippen LogP contribution in [-0.2, 0) is 4.79 Å². The quantitative estimate of drug-likeness (QED) is 0.703. The van der Waals surface area contributed by atoms with E-state index in [4.69, 9.17) is 5.11 Å². The lowest BCUT2D eigenvalue weighted by atomic mass is 10.0. The topological polar surface area (TPSA) is 78.4 Å². The van der Waals surface area contributed by atoms with Crippen molar-refractivity contribution in [2.75, 3.05) is 0 Å². The van der Waals surface area contributed by atoms with Gasteiger partial charge < -0.3 is 15.7 Å². The van der Waals surface area contributed by atoms with Crippen LogP contribution in [0.4, 0.5) is 4.79 Å². The van der Waals surface area contributed by atoms with E-state index in [1.165, 1.54) is 0 Å². The highest BCUT2D eigenvalue weighted by atomic mass is 16.4. The number of carbonyl (C=O) groups excluding carboxylic acids is 1. The fourth-order valence-electron chi connectivity index (χ4n) is 2.42. The van der Waals surface area contributed by atoms with Crippen LogP contribution in [-0.4, -0.2) is 29.2 Å². The van der Waals surface area contributed by atoms with Crippen LogP contribution in [0.1, 0.15) is 46.5 Å². The second-order valence-corrected chi connectivity index (χ2v) is 5.65. The van der Waals surface area contributed by atoms with Crippen LogP contribution < -0.4 is 10.6 Å². The Morgan fingerprint density at radius 3 is 2.44 bits per heavy atom. The molecule has 5 nitrogen and oxygen atoms in total. The van der Waals surface area contributed by atoms with Gasteiger partial charge in [-0.25, -0.2) is 9.59 Å². The van der Waals surface area contributed by atoms with Gasteiger partial charge in [-0.3, -0.25) is 0 Å². The van der Waals surface area contributed by atoms with Crippen molar-refractivity contribution >= 4 is 12.0 Å². The van der Waals surface area contributed by atoms with E-state index < -0.39 is 12.0 Å². The van der Waals surface area contributed by atoms with E-state index >= 15 is 0 Å². The van der Waals surface area contributed by atoms with Gasteiger partial charge >= 0.3 is 12.0 Å². The van der Waals surface area contributed by atoms with Gasteiger partial charge in [0.15, 0.2) is 0 Å². The third kappa shape index (κ3) is 4.55. The zero-order valence-electron chi connectivity index (χ0n) is 11.4. The minimum Gasteiger partial charge on any atom is -0.480 e. The average molecular weight is 256 g/mol. The maximum absolute atomic E-state index is 11.8. The van der Waals surface area contributed by atoms with E-state index in [0.29, 0.717) is 12.3 Å². The summed E-state index contributed by atoms with van der Waals surface area (Å²) in [6.07, 6.45) is 3.68. The lowest BCUT2D eigenvalue weighted by Gasteiger charge is -2.21. The van der Waals surface area contributed by atoms with Crippen molar-refractivity contribution in [3.05, 3.63) is 0 Å². The van der Waals surface area contributed by atoms with Crippen molar-refractivity contribution in [1.29, 1.82) is 0 Å². The van der Waals surface area contributed by atoms with Gasteiger partial charge in [-0.15, -0.1) is 0 Å². The molecule has 1 rings (SSSR count). The molecule has 1 saturated carbocycles. The summed E-state index contributed by atoms with van der Waals surface area (Å²) in [7, 11) is 0. The summed E-state index contributed by atoms with van der Waals surface area (Å²) in [5, 5.41) is 14.5. The third-order valence-corrected chi connectivity index (χ3v) is 3.49. The van der Waals surface area contributed by atoms with Crippen molar-refractivity contribution in [2.45, 2.75) is 58.5 Å². The summed E-state index contributed by atoms with van der Waals surface area (Å²) >= 11 is 0. The smallest absolute Gasteiger partial charge is 0.326 e. The summed E-state index contributed by atoms with van der Waals surface area (Å²) < 4.78 is 0. The minimum absolute atomic E-state index is 0.179. The molecule has 0 heterocycles. The highest BCUT2D eigenvalue weighted by Crippen LogP contribution is 2.24. The molecule has 1 aliphatic carbocycles. The summed E-state index contributed by atoms with van der Waals surface area (Å²) in [5.41, 5.74) is 0. The first-order valence-corrected chi connectivity index (χ1v) is 6.70. The van der Waals surface area contributed by atoms with E-state index in [2.05, 4.69) is 17.6 Å². The number of carboxylic acids is 1. The molecule has 2 unspecified atom stereocenters. The maximum Gasteiger partial charge on any atom is 0.326 e. The first kappa shape index (κ1) is 14.8. The number of amides is 2. The molecule has 18 heavy (non-hydrogen) atoms. The molecule has 1 fully saturated rings. The van der Waals surface area contributed by atoms with Gasteiger partial charge in [0.25, 0.3) is 0 Å². The first-order chi connectivity index (χ1) is 8.40. The molecule has 0 aliphatic heterocycles. The highest BCUT2D eigenvalue weighted by molar-refractivity contribution is 5.82. The van der Waals surface area contributed by atoms with Gasteiger partial charge in [-0.2, -0.15) is 0 Å². The molecular weight excluding hydrogens is 232 g/mol. The highest BCUT2D eigenvalue weighted by Gasteiger charge is 2.27. The van der Waals surface area contributed by atoms with Gasteiger partial charge in [0.05, 0.1) is 0 Å². The summed E-state index contributed by atoms with van der Waals surface area (Å²) in [4.78, 5) is 22.8. The number of rotatable bonds is 5. The Kier molecular flexibility index (Phi) is 5.44. The lowest BCUT2D eigenvalue weighted by Crippen LogP contribution is -2.49. The number of hydrogen-bond acceptors (Lipinski definition) is 2. The van der Waals surface area contributed by atoms with Crippen molar-refractivity contribution in [3.63, 3.8) is 0 Å². The van der Waals surface area contributed by atoms with Crippen LogP contribution in [0.3, 0.4) is 0 Å². The van der Waals surface area contributed by atoms with Gasteiger partial charge in [-0.1, -0.05) is 27.2 Å². The lowest BCUT2D eigenvalue weighted by molar-refractivity contribution is -0.139. The maximum atomic E-state index is 11.8. The van der Waals surface area contributed by atoms with Crippen LogP contribution in [0.15, 0.2) is 0 Å². The zero-order valence-corrected chi connectivity index (χ0v) is 11.4. The monoisotopic (exact) mass is 256 g/mol. The summed E-state index contributed by atoms with van der Waals surface area (Å²) in [5.74, 6) is -0.265. The van der Waals surface area contributed by atoms with E-state index in [-0.39, 0.29) is 18.0 Å². The molecule has 104 valence electrons. The second-order valence-electron chi connectivity index (χ2n) is 5.65. The van der Waals surface area contributed by atoms with Crippen molar-refractivity contribution in [2.24, 2.45) is 11.8 Å². The molecule has 0 saturated heterocycles. The minimum atomic E-state index is -0.974.